The Bertz CT molecular complexity index is 1410. The highest BCUT2D eigenvalue weighted by Crippen LogP contribution is 2.35. The number of nitrogens with two attached hydrogens (primary N) is 1. The maximum absolute atomic E-state index is 14.5. The average Bonchev–Trinajstić information content (AvgIpc) is 2.75. The fourth-order valence-corrected chi connectivity index (χ4v) is 3.48. The van der Waals surface area contributed by atoms with Gasteiger partial charge in [-0.15, -0.1) is 0 Å². The lowest BCUT2D eigenvalue weighted by Gasteiger charge is -2.11. The van der Waals surface area contributed by atoms with Crippen molar-refractivity contribution in [3.05, 3.63) is 72.0 Å². The Morgan fingerprint density at radius 2 is 1.59 bits per heavy atom. The average molecular weight is 403 g/mol. The van der Waals surface area contributed by atoms with Gasteiger partial charge in [0, 0.05) is 51.7 Å². The van der Waals surface area contributed by atoms with Gasteiger partial charge in [-0.3, -0.25) is 9.97 Å². The smallest absolute Gasteiger partial charge is 0.179 e. The monoisotopic (exact) mass is 402 g/mol. The molecule has 0 aliphatic carbocycles. The largest absolute Gasteiger partial charge is 0.383 e. The predicted molar refractivity (Wildman–Crippen MR) is 111 cm³/mol. The number of anilines is 1. The van der Waals surface area contributed by atoms with Crippen LogP contribution in [0.4, 0.5) is 10.2 Å². The minimum Gasteiger partial charge on any atom is -0.383 e. The molecule has 29 heavy (non-hydrogen) atoms. The van der Waals surface area contributed by atoms with Gasteiger partial charge in [-0.05, 0) is 36.4 Å². The van der Waals surface area contributed by atoms with Gasteiger partial charge in [0.2, 0.25) is 0 Å². The van der Waals surface area contributed by atoms with Gasteiger partial charge in [0.1, 0.15) is 17.2 Å². The minimum atomic E-state index is -0.435. The van der Waals surface area contributed by atoms with Crippen molar-refractivity contribution in [1.29, 1.82) is 0 Å². The summed E-state index contributed by atoms with van der Waals surface area (Å²) in [6, 6.07) is 9.70. The molecule has 0 saturated heterocycles. The fourth-order valence-electron chi connectivity index (χ4n) is 3.31. The molecule has 4 heterocycles. The van der Waals surface area contributed by atoms with Crippen LogP contribution in [0.3, 0.4) is 0 Å². The minimum absolute atomic E-state index is 0.271. The molecule has 1 aromatic carbocycles. The number of hydrogen-bond donors (Lipinski definition) is 1. The lowest BCUT2D eigenvalue weighted by Crippen LogP contribution is -1.98. The highest BCUT2D eigenvalue weighted by atomic mass is 35.5. The van der Waals surface area contributed by atoms with E-state index in [4.69, 9.17) is 17.3 Å². The lowest BCUT2D eigenvalue weighted by molar-refractivity contribution is 0.631. The van der Waals surface area contributed by atoms with E-state index in [0.29, 0.717) is 39.0 Å². The highest BCUT2D eigenvalue weighted by molar-refractivity contribution is 6.30. The van der Waals surface area contributed by atoms with Crippen LogP contribution in [0.1, 0.15) is 0 Å². The lowest BCUT2D eigenvalue weighted by atomic mass is 10.0. The van der Waals surface area contributed by atoms with Crippen LogP contribution in [0.5, 0.6) is 0 Å². The van der Waals surface area contributed by atoms with E-state index in [-0.39, 0.29) is 5.56 Å². The standard InChI is InChI=1S/C21H12ClFN6/c22-11-1-2-16(23)14(9-11)17-10-15(19-21(29-17)28-8-7-26-19)18-12-3-6-27-20(24)13(12)4-5-25-18/h1-10H,(H2,24,27). The number of halogens is 2. The summed E-state index contributed by atoms with van der Waals surface area (Å²) >= 11 is 6.08. The van der Waals surface area contributed by atoms with E-state index in [1.807, 2.05) is 6.07 Å². The molecule has 0 radical (unpaired) electrons. The molecule has 0 amide bonds. The third-order valence-electron chi connectivity index (χ3n) is 4.62. The molecule has 5 rings (SSSR count). The van der Waals surface area contributed by atoms with Crippen LogP contribution in [0, 0.1) is 5.82 Å². The molecule has 4 aromatic heterocycles. The zero-order chi connectivity index (χ0) is 20.0. The first kappa shape index (κ1) is 17.4. The van der Waals surface area contributed by atoms with E-state index in [1.165, 1.54) is 24.4 Å². The quantitative estimate of drug-likeness (QED) is 0.461. The van der Waals surface area contributed by atoms with Crippen molar-refractivity contribution >= 4 is 39.4 Å². The van der Waals surface area contributed by atoms with Gasteiger partial charge >= 0.3 is 0 Å². The molecule has 0 aliphatic rings. The zero-order valence-electron chi connectivity index (χ0n) is 14.8. The van der Waals surface area contributed by atoms with Crippen molar-refractivity contribution in [3.63, 3.8) is 0 Å². The van der Waals surface area contributed by atoms with Crippen LogP contribution in [-0.4, -0.2) is 24.9 Å². The summed E-state index contributed by atoms with van der Waals surface area (Å²) in [7, 11) is 0. The van der Waals surface area contributed by atoms with Crippen molar-refractivity contribution < 1.29 is 4.39 Å². The van der Waals surface area contributed by atoms with Crippen LogP contribution in [0.25, 0.3) is 44.5 Å². The van der Waals surface area contributed by atoms with Gasteiger partial charge in [0.15, 0.2) is 5.65 Å². The second-order valence-corrected chi connectivity index (χ2v) is 6.80. The zero-order valence-corrected chi connectivity index (χ0v) is 15.6. The molecular formula is C21H12ClFN6. The SMILES string of the molecule is Nc1nccc2c(-c3cc(-c4cc(Cl)ccc4F)nc4nccnc34)nccc12. The second kappa shape index (κ2) is 6.72. The normalized spacial score (nSPS) is 11.2. The van der Waals surface area contributed by atoms with E-state index in [9.17, 15) is 4.39 Å². The van der Waals surface area contributed by atoms with Gasteiger partial charge < -0.3 is 5.73 Å². The Labute approximate surface area is 169 Å². The number of nitrogen functional groups attached to an aromatic ring is 1. The molecule has 0 aliphatic heterocycles. The van der Waals surface area contributed by atoms with E-state index in [2.05, 4.69) is 24.9 Å². The van der Waals surface area contributed by atoms with Gasteiger partial charge in [0.25, 0.3) is 0 Å². The Kier molecular flexibility index (Phi) is 4.03. The maximum atomic E-state index is 14.5. The predicted octanol–water partition coefficient (Wildman–Crippen LogP) is 4.68. The molecule has 0 bridgehead atoms. The summed E-state index contributed by atoms with van der Waals surface area (Å²) < 4.78 is 14.5. The number of nitrogens with zero attached hydrogens (tertiary/aromatic N) is 5. The van der Waals surface area contributed by atoms with Gasteiger partial charge in [-0.1, -0.05) is 11.6 Å². The number of rotatable bonds is 2. The van der Waals surface area contributed by atoms with Gasteiger partial charge in [-0.25, -0.2) is 19.3 Å². The number of pyridine rings is 3. The second-order valence-electron chi connectivity index (χ2n) is 6.36. The highest BCUT2D eigenvalue weighted by Gasteiger charge is 2.17. The fraction of sp³-hybridized carbons (Fsp3) is 0. The molecule has 0 saturated carbocycles. The maximum Gasteiger partial charge on any atom is 0.179 e. The first-order chi connectivity index (χ1) is 14.1. The molecule has 0 atom stereocenters. The van der Waals surface area contributed by atoms with Gasteiger partial charge in [-0.2, -0.15) is 0 Å². The van der Waals surface area contributed by atoms with E-state index < -0.39 is 5.82 Å². The van der Waals surface area contributed by atoms with Crippen LogP contribution in [-0.2, 0) is 0 Å². The number of fused-ring (bicyclic) bond motifs is 2. The van der Waals surface area contributed by atoms with Crippen molar-refractivity contribution in [1.82, 2.24) is 24.9 Å². The molecule has 140 valence electrons. The summed E-state index contributed by atoms with van der Waals surface area (Å²) in [6.07, 6.45) is 6.39. The van der Waals surface area contributed by atoms with Crippen LogP contribution in [0.2, 0.25) is 5.02 Å². The van der Waals surface area contributed by atoms with Crippen molar-refractivity contribution in [2.24, 2.45) is 0 Å². The molecule has 5 aromatic rings. The first-order valence-electron chi connectivity index (χ1n) is 8.68. The third-order valence-corrected chi connectivity index (χ3v) is 4.86. The van der Waals surface area contributed by atoms with E-state index in [1.54, 1.807) is 30.7 Å². The van der Waals surface area contributed by atoms with E-state index in [0.717, 1.165) is 10.8 Å². The number of benzene rings is 1. The first-order valence-corrected chi connectivity index (χ1v) is 9.06. The van der Waals surface area contributed by atoms with Crippen LogP contribution in [0.15, 0.2) is 61.2 Å². The Balaban J connectivity index is 1.87. The number of hydrogen-bond acceptors (Lipinski definition) is 6. The van der Waals surface area contributed by atoms with Crippen molar-refractivity contribution in [3.8, 4) is 22.5 Å². The van der Waals surface area contributed by atoms with E-state index >= 15 is 0 Å². The summed E-state index contributed by atoms with van der Waals surface area (Å²) in [5, 5.41) is 1.98. The van der Waals surface area contributed by atoms with Gasteiger partial charge in [0.05, 0.1) is 11.4 Å². The summed E-state index contributed by atoms with van der Waals surface area (Å²) in [6.45, 7) is 0. The Hall–Kier alpha value is -3.71. The molecule has 0 spiro atoms. The molecule has 8 heteroatoms. The van der Waals surface area contributed by atoms with Crippen molar-refractivity contribution in [2.75, 3.05) is 5.73 Å². The third kappa shape index (κ3) is 2.92. The topological polar surface area (TPSA) is 90.5 Å². The molecular weight excluding hydrogens is 391 g/mol. The summed E-state index contributed by atoms with van der Waals surface area (Å²) in [5.41, 5.74) is 8.90. The van der Waals surface area contributed by atoms with Crippen molar-refractivity contribution in [2.45, 2.75) is 0 Å². The number of aromatic nitrogens is 5. The molecule has 2 N–H and O–H groups in total. The Morgan fingerprint density at radius 1 is 0.793 bits per heavy atom. The van der Waals surface area contributed by atoms with Crippen LogP contribution >= 0.6 is 11.6 Å². The summed E-state index contributed by atoms with van der Waals surface area (Å²) in [4.78, 5) is 21.9. The molecule has 0 fully saturated rings. The molecule has 0 unspecified atom stereocenters. The van der Waals surface area contributed by atoms with Crippen LogP contribution < -0.4 is 5.73 Å². The Morgan fingerprint density at radius 3 is 2.48 bits per heavy atom. The summed E-state index contributed by atoms with van der Waals surface area (Å²) in [5.74, 6) is -0.0351. The molecule has 6 nitrogen and oxygen atoms in total.